The van der Waals surface area contributed by atoms with Crippen LogP contribution in [0.3, 0.4) is 0 Å². The molecule has 2 unspecified atom stereocenters. The lowest BCUT2D eigenvalue weighted by Crippen LogP contribution is -2.40. The highest BCUT2D eigenvalue weighted by atomic mass is 15.3. The van der Waals surface area contributed by atoms with Gasteiger partial charge in [-0.2, -0.15) is 0 Å². The SMILES string of the molecule is C#CCNC(=NC)N1CC2CCCCC2C1. The number of hydrogen-bond donors (Lipinski definition) is 1. The smallest absolute Gasteiger partial charge is 0.194 e. The van der Waals surface area contributed by atoms with E-state index in [-0.39, 0.29) is 0 Å². The number of fused-ring (bicyclic) bond motifs is 1. The summed E-state index contributed by atoms with van der Waals surface area (Å²) in [5.41, 5.74) is 0. The van der Waals surface area contributed by atoms with Gasteiger partial charge in [0.05, 0.1) is 6.54 Å². The molecule has 1 saturated heterocycles. The first-order valence-electron chi connectivity index (χ1n) is 6.24. The molecule has 16 heavy (non-hydrogen) atoms. The Bertz CT molecular complexity index is 289. The van der Waals surface area contributed by atoms with Gasteiger partial charge in [0.2, 0.25) is 0 Å². The predicted molar refractivity (Wildman–Crippen MR) is 67.2 cm³/mol. The first-order valence-corrected chi connectivity index (χ1v) is 6.24. The van der Waals surface area contributed by atoms with E-state index in [1.807, 2.05) is 7.05 Å². The van der Waals surface area contributed by atoms with Crippen LogP contribution in [0.4, 0.5) is 0 Å². The molecule has 1 N–H and O–H groups in total. The van der Waals surface area contributed by atoms with E-state index in [2.05, 4.69) is 21.1 Å². The first kappa shape index (κ1) is 11.3. The number of guanidine groups is 1. The summed E-state index contributed by atoms with van der Waals surface area (Å²) in [7, 11) is 1.83. The number of nitrogens with zero attached hydrogens (tertiary/aromatic N) is 2. The fourth-order valence-corrected chi connectivity index (χ4v) is 3.04. The summed E-state index contributed by atoms with van der Waals surface area (Å²) in [5.74, 6) is 5.35. The third kappa shape index (κ3) is 2.32. The van der Waals surface area contributed by atoms with Gasteiger partial charge in [-0.25, -0.2) is 0 Å². The molecule has 0 aromatic rings. The number of nitrogens with one attached hydrogen (secondary N) is 1. The van der Waals surface area contributed by atoms with Crippen LogP contribution in [-0.2, 0) is 0 Å². The lowest BCUT2D eigenvalue weighted by Gasteiger charge is -2.22. The summed E-state index contributed by atoms with van der Waals surface area (Å²) in [6, 6.07) is 0. The van der Waals surface area contributed by atoms with Crippen LogP contribution in [0.25, 0.3) is 0 Å². The molecular weight excluding hydrogens is 198 g/mol. The predicted octanol–water partition coefficient (Wildman–Crippen LogP) is 1.32. The third-order valence-electron chi connectivity index (χ3n) is 3.84. The van der Waals surface area contributed by atoms with E-state index in [0.717, 1.165) is 30.9 Å². The average Bonchev–Trinajstić information content (AvgIpc) is 2.73. The number of terminal acetylenes is 1. The van der Waals surface area contributed by atoms with Gasteiger partial charge in [0.1, 0.15) is 0 Å². The second-order valence-corrected chi connectivity index (χ2v) is 4.81. The van der Waals surface area contributed by atoms with E-state index in [0.29, 0.717) is 6.54 Å². The normalized spacial score (nSPS) is 29.8. The van der Waals surface area contributed by atoms with Gasteiger partial charge in [-0.3, -0.25) is 4.99 Å². The van der Waals surface area contributed by atoms with Crippen molar-refractivity contribution in [2.45, 2.75) is 25.7 Å². The van der Waals surface area contributed by atoms with E-state index < -0.39 is 0 Å². The third-order valence-corrected chi connectivity index (χ3v) is 3.84. The van der Waals surface area contributed by atoms with Crippen LogP contribution in [-0.4, -0.2) is 37.5 Å². The molecule has 1 aliphatic carbocycles. The van der Waals surface area contributed by atoms with Crippen molar-refractivity contribution >= 4 is 5.96 Å². The second-order valence-electron chi connectivity index (χ2n) is 4.81. The zero-order chi connectivity index (χ0) is 11.4. The summed E-state index contributed by atoms with van der Waals surface area (Å²) in [4.78, 5) is 6.67. The van der Waals surface area contributed by atoms with Crippen LogP contribution in [0, 0.1) is 24.2 Å². The molecule has 3 heteroatoms. The van der Waals surface area contributed by atoms with Gasteiger partial charge in [-0.05, 0) is 24.7 Å². The van der Waals surface area contributed by atoms with Crippen LogP contribution < -0.4 is 5.32 Å². The van der Waals surface area contributed by atoms with E-state index in [1.54, 1.807) is 0 Å². The number of likely N-dealkylation sites (tertiary alicyclic amines) is 1. The van der Waals surface area contributed by atoms with Crippen molar-refractivity contribution in [3.05, 3.63) is 0 Å². The van der Waals surface area contributed by atoms with E-state index in [1.165, 1.54) is 25.7 Å². The quantitative estimate of drug-likeness (QED) is 0.409. The van der Waals surface area contributed by atoms with Crippen molar-refractivity contribution in [3.63, 3.8) is 0 Å². The maximum absolute atomic E-state index is 5.26. The Morgan fingerprint density at radius 3 is 2.50 bits per heavy atom. The lowest BCUT2D eigenvalue weighted by atomic mass is 9.82. The molecule has 88 valence electrons. The molecule has 3 nitrogen and oxygen atoms in total. The van der Waals surface area contributed by atoms with Crippen molar-refractivity contribution in [2.24, 2.45) is 16.8 Å². The monoisotopic (exact) mass is 219 g/mol. The molecule has 0 amide bonds. The number of rotatable bonds is 1. The summed E-state index contributed by atoms with van der Waals surface area (Å²) in [5, 5.41) is 3.21. The van der Waals surface area contributed by atoms with E-state index in [4.69, 9.17) is 6.42 Å². The van der Waals surface area contributed by atoms with Gasteiger partial charge < -0.3 is 10.2 Å². The summed E-state index contributed by atoms with van der Waals surface area (Å²) in [6.45, 7) is 2.89. The maximum Gasteiger partial charge on any atom is 0.194 e. The first-order chi connectivity index (χ1) is 7.85. The van der Waals surface area contributed by atoms with Gasteiger partial charge in [0.25, 0.3) is 0 Å². The fraction of sp³-hybridized carbons (Fsp3) is 0.769. The second kappa shape index (κ2) is 5.25. The Morgan fingerprint density at radius 1 is 1.38 bits per heavy atom. The highest BCUT2D eigenvalue weighted by molar-refractivity contribution is 5.80. The molecule has 2 aliphatic rings. The Hall–Kier alpha value is -1.17. The number of aliphatic imine (C=N–C) groups is 1. The van der Waals surface area contributed by atoms with Gasteiger partial charge in [0, 0.05) is 20.1 Å². The van der Waals surface area contributed by atoms with Gasteiger partial charge in [0.15, 0.2) is 5.96 Å². The van der Waals surface area contributed by atoms with Crippen LogP contribution in [0.15, 0.2) is 4.99 Å². The Morgan fingerprint density at radius 2 is 2.00 bits per heavy atom. The summed E-state index contributed by atoms with van der Waals surface area (Å²) in [6.07, 6.45) is 10.9. The minimum atomic E-state index is 0.568. The van der Waals surface area contributed by atoms with Crippen LogP contribution in [0.5, 0.6) is 0 Å². The highest BCUT2D eigenvalue weighted by Gasteiger charge is 2.35. The molecule has 1 aliphatic heterocycles. The number of hydrogen-bond acceptors (Lipinski definition) is 1. The van der Waals surface area contributed by atoms with Crippen LogP contribution >= 0.6 is 0 Å². The maximum atomic E-state index is 5.26. The fourth-order valence-electron chi connectivity index (χ4n) is 3.04. The molecule has 2 atom stereocenters. The molecule has 1 saturated carbocycles. The van der Waals surface area contributed by atoms with Gasteiger partial charge in [-0.15, -0.1) is 6.42 Å². The van der Waals surface area contributed by atoms with E-state index in [9.17, 15) is 0 Å². The van der Waals surface area contributed by atoms with Crippen molar-refractivity contribution in [1.82, 2.24) is 10.2 Å². The van der Waals surface area contributed by atoms with Crippen molar-refractivity contribution in [2.75, 3.05) is 26.7 Å². The molecule has 0 bridgehead atoms. The Kier molecular flexibility index (Phi) is 3.71. The van der Waals surface area contributed by atoms with Crippen molar-refractivity contribution in [3.8, 4) is 12.3 Å². The summed E-state index contributed by atoms with van der Waals surface area (Å²) < 4.78 is 0. The molecule has 0 aromatic carbocycles. The molecule has 2 fully saturated rings. The molecular formula is C13H21N3. The van der Waals surface area contributed by atoms with Crippen LogP contribution in [0.1, 0.15) is 25.7 Å². The van der Waals surface area contributed by atoms with Crippen molar-refractivity contribution < 1.29 is 0 Å². The molecule has 2 rings (SSSR count). The van der Waals surface area contributed by atoms with E-state index >= 15 is 0 Å². The van der Waals surface area contributed by atoms with Gasteiger partial charge >= 0.3 is 0 Å². The minimum absolute atomic E-state index is 0.568. The molecule has 0 radical (unpaired) electrons. The largest absolute Gasteiger partial charge is 0.345 e. The molecule has 0 aromatic heterocycles. The standard InChI is InChI=1S/C13H21N3/c1-3-8-15-13(14-2)16-9-11-6-4-5-7-12(11)10-16/h1,11-12H,4-10H2,2H3,(H,14,15). The highest BCUT2D eigenvalue weighted by Crippen LogP contribution is 2.35. The zero-order valence-electron chi connectivity index (χ0n) is 10.1. The Labute approximate surface area is 98.3 Å². The Balaban J connectivity index is 1.93. The topological polar surface area (TPSA) is 27.6 Å². The van der Waals surface area contributed by atoms with Gasteiger partial charge in [-0.1, -0.05) is 18.8 Å². The van der Waals surface area contributed by atoms with Crippen LogP contribution in [0.2, 0.25) is 0 Å². The van der Waals surface area contributed by atoms with Crippen molar-refractivity contribution in [1.29, 1.82) is 0 Å². The summed E-state index contributed by atoms with van der Waals surface area (Å²) >= 11 is 0. The average molecular weight is 219 g/mol. The lowest BCUT2D eigenvalue weighted by molar-refractivity contribution is 0.299. The zero-order valence-corrected chi connectivity index (χ0v) is 10.1. The minimum Gasteiger partial charge on any atom is -0.345 e. The molecule has 1 heterocycles. The molecule has 0 spiro atoms.